The van der Waals surface area contributed by atoms with Gasteiger partial charge in [-0.1, -0.05) is 42.3 Å². The Balaban J connectivity index is 1.59. The zero-order valence-electron chi connectivity index (χ0n) is 14.8. The van der Waals surface area contributed by atoms with Crippen LogP contribution in [-0.4, -0.2) is 29.2 Å². The van der Waals surface area contributed by atoms with Gasteiger partial charge in [-0.3, -0.25) is 19.3 Å². The minimum atomic E-state index is -0.361. The molecule has 1 fully saturated rings. The van der Waals surface area contributed by atoms with Crippen LogP contribution in [0, 0.1) is 12.8 Å². The molecule has 3 amide bonds. The molecule has 25 heavy (non-hydrogen) atoms. The van der Waals surface area contributed by atoms with Gasteiger partial charge in [0.2, 0.25) is 17.7 Å². The summed E-state index contributed by atoms with van der Waals surface area (Å²) in [4.78, 5) is 36.9. The number of rotatable bonds is 9. The number of nitrogens with zero attached hydrogens (tertiary/aromatic N) is 1. The predicted molar refractivity (Wildman–Crippen MR) is 96.5 cm³/mol. The molecule has 1 aromatic carbocycles. The first-order chi connectivity index (χ1) is 12.0. The Morgan fingerprint density at radius 2 is 1.96 bits per heavy atom. The van der Waals surface area contributed by atoms with Crippen molar-refractivity contribution in [3.05, 3.63) is 48.0 Å². The molecule has 134 valence electrons. The van der Waals surface area contributed by atoms with Gasteiger partial charge >= 0.3 is 0 Å². The molecule has 0 aromatic heterocycles. The summed E-state index contributed by atoms with van der Waals surface area (Å²) in [6, 6.07) is 8.07. The van der Waals surface area contributed by atoms with Crippen molar-refractivity contribution in [1.82, 2.24) is 10.2 Å². The number of nitrogens with one attached hydrogen (secondary N) is 1. The van der Waals surface area contributed by atoms with Crippen molar-refractivity contribution >= 4 is 17.7 Å². The van der Waals surface area contributed by atoms with Crippen molar-refractivity contribution in [2.24, 2.45) is 5.92 Å². The van der Waals surface area contributed by atoms with Crippen molar-refractivity contribution in [3.63, 3.8) is 0 Å². The number of hydrogen-bond acceptors (Lipinski definition) is 3. The largest absolute Gasteiger partial charge is 0.352 e. The highest BCUT2D eigenvalue weighted by molar-refractivity contribution is 6.04. The normalized spacial score (nSPS) is 17.0. The molecule has 1 unspecified atom stereocenters. The Bertz CT molecular complexity index is 637. The summed E-state index contributed by atoms with van der Waals surface area (Å²) in [5, 5.41) is 2.91. The lowest BCUT2D eigenvalue weighted by molar-refractivity contribution is -0.139. The number of likely N-dealkylation sites (tertiary alicyclic amines) is 1. The SMILES string of the molecule is C=CC1CC(=O)N(CCCCCC(=O)NCc2ccc(C)cc2)C1=O. The molecule has 1 atom stereocenters. The summed E-state index contributed by atoms with van der Waals surface area (Å²) in [5.74, 6) is -0.595. The maximum Gasteiger partial charge on any atom is 0.236 e. The van der Waals surface area contributed by atoms with Gasteiger partial charge in [0.15, 0.2) is 0 Å². The molecule has 1 aliphatic rings. The van der Waals surface area contributed by atoms with Crippen molar-refractivity contribution in [2.45, 2.75) is 45.6 Å². The minimum Gasteiger partial charge on any atom is -0.352 e. The number of carbonyl (C=O) groups excluding carboxylic acids is 3. The highest BCUT2D eigenvalue weighted by Gasteiger charge is 2.35. The topological polar surface area (TPSA) is 66.5 Å². The van der Waals surface area contributed by atoms with E-state index >= 15 is 0 Å². The van der Waals surface area contributed by atoms with E-state index in [4.69, 9.17) is 0 Å². The van der Waals surface area contributed by atoms with E-state index < -0.39 is 0 Å². The number of amides is 3. The smallest absolute Gasteiger partial charge is 0.236 e. The Labute approximate surface area is 149 Å². The molecule has 0 saturated carbocycles. The maximum absolute atomic E-state index is 11.9. The fourth-order valence-electron chi connectivity index (χ4n) is 2.85. The summed E-state index contributed by atoms with van der Waals surface area (Å²) in [7, 11) is 0. The van der Waals surface area contributed by atoms with Crippen LogP contribution in [0.15, 0.2) is 36.9 Å². The van der Waals surface area contributed by atoms with Gasteiger partial charge in [-0.05, 0) is 25.3 Å². The van der Waals surface area contributed by atoms with Crippen LogP contribution in [0.4, 0.5) is 0 Å². The molecule has 1 aromatic rings. The number of unbranched alkanes of at least 4 members (excludes halogenated alkanes) is 2. The third-order valence-corrected chi connectivity index (χ3v) is 4.46. The average molecular weight is 342 g/mol. The van der Waals surface area contributed by atoms with Crippen LogP contribution in [0.1, 0.15) is 43.2 Å². The highest BCUT2D eigenvalue weighted by Crippen LogP contribution is 2.20. The molecule has 2 rings (SSSR count). The molecule has 1 N–H and O–H groups in total. The quantitative estimate of drug-likeness (QED) is 0.426. The fraction of sp³-hybridized carbons (Fsp3) is 0.450. The number of aryl methyl sites for hydroxylation is 1. The van der Waals surface area contributed by atoms with Gasteiger partial charge in [0.25, 0.3) is 0 Å². The number of carbonyl (C=O) groups is 3. The Morgan fingerprint density at radius 3 is 2.60 bits per heavy atom. The van der Waals surface area contributed by atoms with E-state index in [1.165, 1.54) is 10.5 Å². The van der Waals surface area contributed by atoms with E-state index in [9.17, 15) is 14.4 Å². The molecule has 1 heterocycles. The van der Waals surface area contributed by atoms with Gasteiger partial charge in [-0.2, -0.15) is 0 Å². The molecule has 0 bridgehead atoms. The number of benzene rings is 1. The zero-order chi connectivity index (χ0) is 18.2. The molecule has 5 nitrogen and oxygen atoms in total. The fourth-order valence-corrected chi connectivity index (χ4v) is 2.85. The van der Waals surface area contributed by atoms with Crippen LogP contribution < -0.4 is 5.32 Å². The Kier molecular flexibility index (Phi) is 6.92. The summed E-state index contributed by atoms with van der Waals surface area (Å²) >= 11 is 0. The highest BCUT2D eigenvalue weighted by atomic mass is 16.2. The van der Waals surface area contributed by atoms with E-state index in [2.05, 4.69) is 11.9 Å². The van der Waals surface area contributed by atoms with Gasteiger partial charge in [-0.25, -0.2) is 0 Å². The van der Waals surface area contributed by atoms with E-state index in [-0.39, 0.29) is 30.1 Å². The number of hydrogen-bond donors (Lipinski definition) is 1. The average Bonchev–Trinajstić information content (AvgIpc) is 2.88. The second-order valence-electron chi connectivity index (χ2n) is 6.50. The Hall–Kier alpha value is -2.43. The molecule has 0 radical (unpaired) electrons. The van der Waals surface area contributed by atoms with Gasteiger partial charge in [-0.15, -0.1) is 6.58 Å². The van der Waals surface area contributed by atoms with Gasteiger partial charge in [0.1, 0.15) is 0 Å². The predicted octanol–water partition coefficient (Wildman–Crippen LogP) is 2.73. The summed E-state index contributed by atoms with van der Waals surface area (Å²) in [6.45, 7) is 6.60. The van der Waals surface area contributed by atoms with Crippen LogP contribution in [0.25, 0.3) is 0 Å². The first kappa shape index (κ1) is 18.9. The monoisotopic (exact) mass is 342 g/mol. The van der Waals surface area contributed by atoms with E-state index in [1.54, 1.807) is 6.08 Å². The zero-order valence-corrected chi connectivity index (χ0v) is 14.8. The third-order valence-electron chi connectivity index (χ3n) is 4.46. The molecule has 1 aliphatic heterocycles. The first-order valence-corrected chi connectivity index (χ1v) is 8.80. The van der Waals surface area contributed by atoms with Gasteiger partial charge in [0, 0.05) is 25.9 Å². The second-order valence-corrected chi connectivity index (χ2v) is 6.50. The molecule has 0 aliphatic carbocycles. The van der Waals surface area contributed by atoms with Crippen LogP contribution in [0.2, 0.25) is 0 Å². The molecular formula is C20H26N2O3. The van der Waals surface area contributed by atoms with Crippen LogP contribution in [-0.2, 0) is 20.9 Å². The lowest BCUT2D eigenvalue weighted by Gasteiger charge is -2.13. The van der Waals surface area contributed by atoms with Crippen LogP contribution >= 0.6 is 0 Å². The minimum absolute atomic E-state index is 0.0284. The summed E-state index contributed by atoms with van der Waals surface area (Å²) < 4.78 is 0. The van der Waals surface area contributed by atoms with E-state index in [0.717, 1.165) is 24.8 Å². The van der Waals surface area contributed by atoms with Gasteiger partial charge < -0.3 is 5.32 Å². The summed E-state index contributed by atoms with van der Waals surface area (Å²) in [5.41, 5.74) is 2.28. The van der Waals surface area contributed by atoms with Gasteiger partial charge in [0.05, 0.1) is 5.92 Å². The molecule has 1 saturated heterocycles. The van der Waals surface area contributed by atoms with Crippen LogP contribution in [0.5, 0.6) is 0 Å². The Morgan fingerprint density at radius 1 is 1.24 bits per heavy atom. The third kappa shape index (κ3) is 5.55. The summed E-state index contributed by atoms with van der Waals surface area (Å²) in [6.07, 6.45) is 4.53. The lowest BCUT2D eigenvalue weighted by atomic mass is 10.1. The molecular weight excluding hydrogens is 316 g/mol. The second kappa shape index (κ2) is 9.16. The maximum atomic E-state index is 11.9. The standard InChI is InChI=1S/C20H26N2O3/c1-3-17-13-19(24)22(20(17)25)12-6-4-5-7-18(23)21-14-16-10-8-15(2)9-11-16/h3,8-11,17H,1,4-7,12-14H2,2H3,(H,21,23). The van der Waals surface area contributed by atoms with Crippen LogP contribution in [0.3, 0.4) is 0 Å². The van der Waals surface area contributed by atoms with Crippen molar-refractivity contribution < 1.29 is 14.4 Å². The number of imide groups is 1. The van der Waals surface area contributed by atoms with Crippen molar-refractivity contribution in [1.29, 1.82) is 0 Å². The first-order valence-electron chi connectivity index (χ1n) is 8.80. The van der Waals surface area contributed by atoms with E-state index in [0.29, 0.717) is 19.5 Å². The van der Waals surface area contributed by atoms with E-state index in [1.807, 2.05) is 31.2 Å². The van der Waals surface area contributed by atoms with Crippen molar-refractivity contribution in [2.75, 3.05) is 6.54 Å². The lowest BCUT2D eigenvalue weighted by Crippen LogP contribution is -2.31. The molecule has 0 spiro atoms. The van der Waals surface area contributed by atoms with Crippen molar-refractivity contribution in [3.8, 4) is 0 Å². The molecule has 5 heteroatoms.